The first kappa shape index (κ1) is 15.9. The summed E-state index contributed by atoms with van der Waals surface area (Å²) in [4.78, 5) is 24.3. The first-order valence-corrected chi connectivity index (χ1v) is 6.09. The smallest absolute Gasteiger partial charge is 0.326 e. The van der Waals surface area contributed by atoms with Crippen LogP contribution in [0.25, 0.3) is 0 Å². The van der Waals surface area contributed by atoms with Gasteiger partial charge >= 0.3 is 5.97 Å². The van der Waals surface area contributed by atoms with E-state index >= 15 is 0 Å². The number of hydrogen-bond acceptors (Lipinski definition) is 2. The van der Waals surface area contributed by atoms with Gasteiger partial charge in [0.1, 0.15) is 6.04 Å². The summed E-state index contributed by atoms with van der Waals surface area (Å²) in [6.45, 7) is 10.0. The molecule has 0 bridgehead atoms. The summed E-state index contributed by atoms with van der Waals surface area (Å²) in [5, 5.41) is 8.99. The Labute approximate surface area is 104 Å². The van der Waals surface area contributed by atoms with E-state index in [-0.39, 0.29) is 17.2 Å². The molecule has 2 atom stereocenters. The molecule has 0 radical (unpaired) electrons. The minimum absolute atomic E-state index is 0.0570. The number of rotatable bonds is 5. The van der Waals surface area contributed by atoms with E-state index in [1.165, 1.54) is 4.90 Å². The van der Waals surface area contributed by atoms with Gasteiger partial charge in [-0.2, -0.15) is 0 Å². The SMILES string of the molecule is CCC(C(=O)O)N(C)C(=O)CC(C)C(C)(C)C. The normalized spacial score (nSPS) is 15.2. The van der Waals surface area contributed by atoms with E-state index in [1.807, 2.05) is 6.92 Å². The Balaban J connectivity index is 4.56. The fourth-order valence-electron chi connectivity index (χ4n) is 1.50. The van der Waals surface area contributed by atoms with Crippen LogP contribution in [0.2, 0.25) is 0 Å². The van der Waals surface area contributed by atoms with Crippen LogP contribution < -0.4 is 0 Å². The zero-order valence-corrected chi connectivity index (χ0v) is 11.8. The Morgan fingerprint density at radius 2 is 1.76 bits per heavy atom. The Bertz CT molecular complexity index is 281. The van der Waals surface area contributed by atoms with Crippen molar-refractivity contribution in [2.24, 2.45) is 11.3 Å². The molecule has 0 spiro atoms. The van der Waals surface area contributed by atoms with Gasteiger partial charge in [-0.15, -0.1) is 0 Å². The molecule has 4 heteroatoms. The Morgan fingerprint density at radius 1 is 1.29 bits per heavy atom. The van der Waals surface area contributed by atoms with Gasteiger partial charge in [-0.05, 0) is 17.8 Å². The summed E-state index contributed by atoms with van der Waals surface area (Å²) in [6.07, 6.45) is 0.825. The minimum Gasteiger partial charge on any atom is -0.480 e. The molecule has 0 fully saturated rings. The molecule has 1 N–H and O–H groups in total. The van der Waals surface area contributed by atoms with Crippen molar-refractivity contribution in [3.63, 3.8) is 0 Å². The third-order valence-corrected chi connectivity index (χ3v) is 3.49. The Hall–Kier alpha value is -1.06. The second kappa shape index (κ2) is 6.03. The zero-order valence-electron chi connectivity index (χ0n) is 11.8. The van der Waals surface area contributed by atoms with Gasteiger partial charge in [0.15, 0.2) is 0 Å². The van der Waals surface area contributed by atoms with Crippen molar-refractivity contribution in [3.05, 3.63) is 0 Å². The fourth-order valence-corrected chi connectivity index (χ4v) is 1.50. The highest BCUT2D eigenvalue weighted by Crippen LogP contribution is 2.28. The Morgan fingerprint density at radius 3 is 2.06 bits per heavy atom. The van der Waals surface area contributed by atoms with Gasteiger partial charge in [-0.25, -0.2) is 4.79 Å². The second-order valence-corrected chi connectivity index (χ2v) is 5.74. The average molecular weight is 243 g/mol. The molecule has 0 heterocycles. The monoisotopic (exact) mass is 243 g/mol. The number of hydrogen-bond donors (Lipinski definition) is 1. The van der Waals surface area contributed by atoms with Crippen LogP contribution in [0, 0.1) is 11.3 Å². The highest BCUT2D eigenvalue weighted by molar-refractivity contribution is 5.83. The number of carboxylic acid groups (broad SMARTS) is 1. The van der Waals surface area contributed by atoms with E-state index in [0.29, 0.717) is 12.8 Å². The number of aliphatic carboxylic acids is 1. The van der Waals surface area contributed by atoms with Gasteiger partial charge < -0.3 is 10.0 Å². The lowest BCUT2D eigenvalue weighted by atomic mass is 9.80. The minimum atomic E-state index is -0.938. The number of carbonyl (C=O) groups is 2. The van der Waals surface area contributed by atoms with Crippen LogP contribution in [-0.4, -0.2) is 35.0 Å². The van der Waals surface area contributed by atoms with E-state index < -0.39 is 12.0 Å². The predicted molar refractivity (Wildman–Crippen MR) is 67.7 cm³/mol. The lowest BCUT2D eigenvalue weighted by molar-refractivity contribution is -0.149. The third-order valence-electron chi connectivity index (χ3n) is 3.49. The molecule has 1 amide bonds. The van der Waals surface area contributed by atoms with E-state index in [0.717, 1.165) is 0 Å². The molecular formula is C13H25NO3. The summed E-state index contributed by atoms with van der Waals surface area (Å²) < 4.78 is 0. The van der Waals surface area contributed by atoms with Crippen molar-refractivity contribution in [2.45, 2.75) is 53.5 Å². The van der Waals surface area contributed by atoms with Gasteiger partial charge in [0.2, 0.25) is 5.91 Å². The number of nitrogens with zero attached hydrogens (tertiary/aromatic N) is 1. The summed E-state index contributed by atoms with van der Waals surface area (Å²) in [5.74, 6) is -0.808. The zero-order chi connectivity index (χ0) is 13.8. The summed E-state index contributed by atoms with van der Waals surface area (Å²) in [6, 6.07) is -0.713. The highest BCUT2D eigenvalue weighted by Gasteiger charge is 2.28. The lowest BCUT2D eigenvalue weighted by Crippen LogP contribution is -2.43. The van der Waals surface area contributed by atoms with Gasteiger partial charge in [-0.3, -0.25) is 4.79 Å². The molecule has 4 nitrogen and oxygen atoms in total. The van der Waals surface area contributed by atoms with Gasteiger partial charge in [0, 0.05) is 13.5 Å². The number of likely N-dealkylation sites (N-methyl/N-ethyl adjacent to an activating group) is 1. The first-order chi connectivity index (χ1) is 7.61. The predicted octanol–water partition coefficient (Wildman–Crippen LogP) is 2.38. The molecule has 0 saturated carbocycles. The third kappa shape index (κ3) is 4.75. The highest BCUT2D eigenvalue weighted by atomic mass is 16.4. The largest absolute Gasteiger partial charge is 0.480 e. The van der Waals surface area contributed by atoms with Crippen molar-refractivity contribution in [2.75, 3.05) is 7.05 Å². The van der Waals surface area contributed by atoms with Crippen LogP contribution in [0.15, 0.2) is 0 Å². The average Bonchev–Trinajstić information content (AvgIpc) is 2.16. The molecule has 17 heavy (non-hydrogen) atoms. The van der Waals surface area contributed by atoms with E-state index in [1.54, 1.807) is 14.0 Å². The first-order valence-electron chi connectivity index (χ1n) is 6.09. The van der Waals surface area contributed by atoms with Crippen molar-refractivity contribution in [3.8, 4) is 0 Å². The van der Waals surface area contributed by atoms with Gasteiger partial charge in [0.25, 0.3) is 0 Å². The topological polar surface area (TPSA) is 57.6 Å². The molecule has 0 rings (SSSR count). The number of amides is 1. The molecule has 0 aromatic heterocycles. The van der Waals surface area contributed by atoms with Crippen LogP contribution in [0.4, 0.5) is 0 Å². The lowest BCUT2D eigenvalue weighted by Gasteiger charge is -2.30. The van der Waals surface area contributed by atoms with Crippen molar-refractivity contribution in [1.29, 1.82) is 0 Å². The molecule has 0 aromatic rings. The van der Waals surface area contributed by atoms with Crippen LogP contribution in [-0.2, 0) is 9.59 Å². The van der Waals surface area contributed by atoms with Crippen molar-refractivity contribution < 1.29 is 14.7 Å². The molecule has 0 aromatic carbocycles. The van der Waals surface area contributed by atoms with Crippen LogP contribution in [0.3, 0.4) is 0 Å². The summed E-state index contributed by atoms with van der Waals surface area (Å²) in [5.41, 5.74) is 0.0570. The Kier molecular flexibility index (Phi) is 5.66. The standard InChI is InChI=1S/C13H25NO3/c1-7-10(12(16)17)14(6)11(15)8-9(2)13(3,4)5/h9-10H,7-8H2,1-6H3,(H,16,17). The van der Waals surface area contributed by atoms with Crippen LogP contribution in [0.1, 0.15) is 47.5 Å². The summed E-state index contributed by atoms with van der Waals surface area (Å²) in [7, 11) is 1.57. The maximum Gasteiger partial charge on any atom is 0.326 e. The maximum absolute atomic E-state index is 12.0. The van der Waals surface area contributed by atoms with E-state index in [9.17, 15) is 9.59 Å². The van der Waals surface area contributed by atoms with E-state index in [4.69, 9.17) is 5.11 Å². The maximum atomic E-state index is 12.0. The molecule has 0 aliphatic heterocycles. The van der Waals surface area contributed by atoms with Gasteiger partial charge in [0.05, 0.1) is 0 Å². The van der Waals surface area contributed by atoms with E-state index in [2.05, 4.69) is 20.8 Å². The molecule has 0 aliphatic rings. The quantitative estimate of drug-likeness (QED) is 0.806. The molecule has 2 unspecified atom stereocenters. The second-order valence-electron chi connectivity index (χ2n) is 5.74. The number of carboxylic acids is 1. The van der Waals surface area contributed by atoms with Gasteiger partial charge in [-0.1, -0.05) is 34.6 Å². The summed E-state index contributed by atoms with van der Waals surface area (Å²) >= 11 is 0. The van der Waals surface area contributed by atoms with Crippen molar-refractivity contribution in [1.82, 2.24) is 4.90 Å². The molecule has 100 valence electrons. The number of carbonyl (C=O) groups excluding carboxylic acids is 1. The van der Waals surface area contributed by atoms with Crippen LogP contribution in [0.5, 0.6) is 0 Å². The van der Waals surface area contributed by atoms with Crippen molar-refractivity contribution >= 4 is 11.9 Å². The molecule has 0 saturated heterocycles. The molecule has 0 aliphatic carbocycles. The van der Waals surface area contributed by atoms with Crippen LogP contribution >= 0.6 is 0 Å². The fraction of sp³-hybridized carbons (Fsp3) is 0.846. The molecular weight excluding hydrogens is 218 g/mol.